The highest BCUT2D eigenvalue weighted by Gasteiger charge is 2.16. The van der Waals surface area contributed by atoms with Gasteiger partial charge in [0, 0.05) is 4.47 Å². The number of sulfone groups is 1. The van der Waals surface area contributed by atoms with Gasteiger partial charge < -0.3 is 4.74 Å². The van der Waals surface area contributed by atoms with E-state index in [0.717, 1.165) is 6.07 Å². The molecule has 2 aromatic rings. The third-order valence-corrected chi connectivity index (χ3v) is 5.35. The van der Waals surface area contributed by atoms with Crippen molar-refractivity contribution in [1.82, 2.24) is 0 Å². The average molecular weight is 401 g/mol. The van der Waals surface area contributed by atoms with E-state index in [4.69, 9.17) is 4.74 Å². The van der Waals surface area contributed by atoms with Crippen LogP contribution >= 0.6 is 15.9 Å². The zero-order valence-corrected chi connectivity index (χ0v) is 14.4. The molecule has 122 valence electrons. The Morgan fingerprint density at radius 3 is 2.52 bits per heavy atom. The van der Waals surface area contributed by atoms with Gasteiger partial charge in [0.25, 0.3) is 0 Å². The number of rotatable bonds is 6. The maximum atomic E-state index is 13.5. The summed E-state index contributed by atoms with van der Waals surface area (Å²) in [6, 6.07) is 12.0. The second-order valence-corrected chi connectivity index (χ2v) is 7.77. The molecule has 0 N–H and O–H groups in total. The summed E-state index contributed by atoms with van der Waals surface area (Å²) < 4.78 is 43.1. The molecule has 0 fully saturated rings. The summed E-state index contributed by atoms with van der Waals surface area (Å²) in [7, 11) is -3.41. The highest BCUT2D eigenvalue weighted by molar-refractivity contribution is 9.10. The summed E-state index contributed by atoms with van der Waals surface area (Å²) in [4.78, 5) is 12.0. The lowest BCUT2D eigenvalue weighted by atomic mass is 10.2. The van der Waals surface area contributed by atoms with E-state index in [-0.39, 0.29) is 29.2 Å². The van der Waals surface area contributed by atoms with Gasteiger partial charge in [-0.15, -0.1) is 0 Å². The Kier molecular flexibility index (Phi) is 5.90. The van der Waals surface area contributed by atoms with Gasteiger partial charge in [-0.1, -0.05) is 34.1 Å². The third-order valence-electron chi connectivity index (χ3n) is 3.04. The van der Waals surface area contributed by atoms with Crippen molar-refractivity contribution >= 4 is 31.7 Å². The highest BCUT2D eigenvalue weighted by Crippen LogP contribution is 2.17. The smallest absolute Gasteiger partial charge is 0.341 e. The summed E-state index contributed by atoms with van der Waals surface area (Å²) in [6.07, 6.45) is 0.137. The summed E-state index contributed by atoms with van der Waals surface area (Å²) >= 11 is 3.14. The van der Waals surface area contributed by atoms with Gasteiger partial charge in [0.2, 0.25) is 0 Å². The topological polar surface area (TPSA) is 60.4 Å². The van der Waals surface area contributed by atoms with Crippen LogP contribution in [0.15, 0.2) is 57.9 Å². The SMILES string of the molecule is O=C(OCCCS(=O)(=O)c1ccccc1)c1cc(Br)ccc1F. The molecule has 0 aliphatic carbocycles. The number of carbonyl (C=O) groups is 1. The standard InChI is InChI=1S/C16H14BrFO4S/c17-12-7-8-15(18)14(11-12)16(19)22-9-4-10-23(20,21)13-5-2-1-3-6-13/h1-3,5-8,11H,4,9-10H2. The van der Waals surface area contributed by atoms with Crippen LogP contribution in [-0.2, 0) is 14.6 Å². The molecule has 0 aliphatic heterocycles. The fourth-order valence-electron chi connectivity index (χ4n) is 1.89. The largest absolute Gasteiger partial charge is 0.462 e. The van der Waals surface area contributed by atoms with Crippen molar-refractivity contribution in [2.45, 2.75) is 11.3 Å². The Bertz CT molecular complexity index is 791. The van der Waals surface area contributed by atoms with Crippen molar-refractivity contribution in [2.75, 3.05) is 12.4 Å². The Morgan fingerprint density at radius 2 is 1.83 bits per heavy atom. The van der Waals surface area contributed by atoms with E-state index in [2.05, 4.69) is 15.9 Å². The second kappa shape index (κ2) is 7.70. The first-order chi connectivity index (χ1) is 10.9. The molecule has 0 saturated heterocycles. The molecule has 7 heteroatoms. The Labute approximate surface area is 142 Å². The zero-order chi connectivity index (χ0) is 16.9. The molecular weight excluding hydrogens is 387 g/mol. The van der Waals surface area contributed by atoms with Crippen molar-refractivity contribution in [3.05, 3.63) is 64.4 Å². The predicted molar refractivity (Wildman–Crippen MR) is 87.5 cm³/mol. The minimum atomic E-state index is -3.41. The molecule has 23 heavy (non-hydrogen) atoms. The Balaban J connectivity index is 1.88. The van der Waals surface area contributed by atoms with Crippen LogP contribution < -0.4 is 0 Å². The van der Waals surface area contributed by atoms with Gasteiger partial charge in [0.05, 0.1) is 22.8 Å². The Hall–Kier alpha value is -1.73. The highest BCUT2D eigenvalue weighted by atomic mass is 79.9. The lowest BCUT2D eigenvalue weighted by Crippen LogP contribution is -2.13. The van der Waals surface area contributed by atoms with Crippen molar-refractivity contribution in [2.24, 2.45) is 0 Å². The van der Waals surface area contributed by atoms with E-state index in [9.17, 15) is 17.6 Å². The van der Waals surface area contributed by atoms with E-state index in [1.165, 1.54) is 24.3 Å². The summed E-state index contributed by atoms with van der Waals surface area (Å²) in [6.45, 7) is -0.100. The number of hydrogen-bond acceptors (Lipinski definition) is 4. The van der Waals surface area contributed by atoms with Crippen molar-refractivity contribution in [3.8, 4) is 0 Å². The quantitative estimate of drug-likeness (QED) is 0.548. The fraction of sp³-hybridized carbons (Fsp3) is 0.188. The summed E-state index contributed by atoms with van der Waals surface area (Å²) in [5, 5.41) is 0. The molecule has 0 amide bonds. The molecule has 0 radical (unpaired) electrons. The van der Waals surface area contributed by atoms with Gasteiger partial charge >= 0.3 is 5.97 Å². The second-order valence-electron chi connectivity index (χ2n) is 4.75. The predicted octanol–water partition coefficient (Wildman–Crippen LogP) is 3.61. The van der Waals surface area contributed by atoms with Crippen LogP contribution in [0.4, 0.5) is 4.39 Å². The van der Waals surface area contributed by atoms with Gasteiger partial charge in [0.1, 0.15) is 5.82 Å². The molecule has 0 saturated carbocycles. The van der Waals surface area contributed by atoms with Crippen LogP contribution in [0.3, 0.4) is 0 Å². The number of hydrogen-bond donors (Lipinski definition) is 0. The molecular formula is C16H14BrFO4S. The maximum Gasteiger partial charge on any atom is 0.341 e. The molecule has 0 atom stereocenters. The van der Waals surface area contributed by atoms with E-state index in [1.54, 1.807) is 18.2 Å². The van der Waals surface area contributed by atoms with Crippen LogP contribution in [0.2, 0.25) is 0 Å². The summed E-state index contributed by atoms with van der Waals surface area (Å²) in [5.74, 6) is -1.65. The van der Waals surface area contributed by atoms with Crippen LogP contribution in [0.1, 0.15) is 16.8 Å². The van der Waals surface area contributed by atoms with Crippen LogP contribution in [0.5, 0.6) is 0 Å². The molecule has 0 heterocycles. The van der Waals surface area contributed by atoms with Gasteiger partial charge in [-0.3, -0.25) is 0 Å². The fourth-order valence-corrected chi connectivity index (χ4v) is 3.56. The summed E-state index contributed by atoms with van der Waals surface area (Å²) in [5.41, 5.74) is -0.190. The van der Waals surface area contributed by atoms with Crippen molar-refractivity contribution < 1.29 is 22.3 Å². The molecule has 2 rings (SSSR count). The Morgan fingerprint density at radius 1 is 1.13 bits per heavy atom. The van der Waals surface area contributed by atoms with Crippen LogP contribution in [-0.4, -0.2) is 26.7 Å². The van der Waals surface area contributed by atoms with Crippen molar-refractivity contribution in [1.29, 1.82) is 0 Å². The monoisotopic (exact) mass is 400 g/mol. The lowest BCUT2D eigenvalue weighted by molar-refractivity contribution is 0.0500. The van der Waals surface area contributed by atoms with E-state index >= 15 is 0 Å². The first kappa shape index (κ1) is 17.6. The van der Waals surface area contributed by atoms with Gasteiger partial charge in [-0.05, 0) is 36.8 Å². The number of halogens is 2. The average Bonchev–Trinajstić information content (AvgIpc) is 2.54. The van der Waals surface area contributed by atoms with Crippen molar-refractivity contribution in [3.63, 3.8) is 0 Å². The van der Waals surface area contributed by atoms with E-state index < -0.39 is 21.6 Å². The minimum absolute atomic E-state index is 0.100. The number of ether oxygens (including phenoxy) is 1. The molecule has 2 aromatic carbocycles. The lowest BCUT2D eigenvalue weighted by Gasteiger charge is -2.07. The van der Waals surface area contributed by atoms with Gasteiger partial charge in [-0.2, -0.15) is 0 Å². The number of esters is 1. The molecule has 0 unspecified atom stereocenters. The van der Waals surface area contributed by atoms with Crippen LogP contribution in [0, 0.1) is 5.82 Å². The molecule has 0 aromatic heterocycles. The molecule has 0 aliphatic rings. The minimum Gasteiger partial charge on any atom is -0.462 e. The third kappa shape index (κ3) is 4.87. The van der Waals surface area contributed by atoms with Gasteiger partial charge in [-0.25, -0.2) is 17.6 Å². The van der Waals surface area contributed by atoms with Gasteiger partial charge in [0.15, 0.2) is 9.84 Å². The molecule has 0 spiro atoms. The number of carbonyl (C=O) groups excluding carboxylic acids is 1. The van der Waals surface area contributed by atoms with Crippen LogP contribution in [0.25, 0.3) is 0 Å². The molecule has 4 nitrogen and oxygen atoms in total. The number of benzene rings is 2. The zero-order valence-electron chi connectivity index (χ0n) is 12.0. The first-order valence-electron chi connectivity index (χ1n) is 6.80. The molecule has 0 bridgehead atoms. The maximum absolute atomic E-state index is 13.5. The normalized spacial score (nSPS) is 11.2. The first-order valence-corrected chi connectivity index (χ1v) is 9.25. The van der Waals surface area contributed by atoms with E-state index in [1.807, 2.05) is 0 Å². The van der Waals surface area contributed by atoms with E-state index in [0.29, 0.717) is 4.47 Å².